The lowest BCUT2D eigenvalue weighted by Crippen LogP contribution is -2.46. The molecular weight excluding hydrogens is 430 g/mol. The quantitative estimate of drug-likeness (QED) is 0.504. The lowest BCUT2D eigenvalue weighted by Gasteiger charge is -2.43. The van der Waals surface area contributed by atoms with Gasteiger partial charge in [0, 0.05) is 12.1 Å². The lowest BCUT2D eigenvalue weighted by atomic mass is 9.67. The number of rotatable bonds is 1. The summed E-state index contributed by atoms with van der Waals surface area (Å²) in [7, 11) is 2.01. The van der Waals surface area contributed by atoms with E-state index in [9.17, 15) is 10.2 Å². The third-order valence-corrected chi connectivity index (χ3v) is 7.71. The molecule has 4 rings (SSSR count). The Hall–Kier alpha value is -2.75. The predicted octanol–water partition coefficient (Wildman–Crippen LogP) is 5.97. The highest BCUT2D eigenvalue weighted by molar-refractivity contribution is 5.86. The van der Waals surface area contributed by atoms with Crippen LogP contribution in [0.5, 0.6) is 0 Å². The second-order valence-corrected chi connectivity index (χ2v) is 12.5. The van der Waals surface area contributed by atoms with Gasteiger partial charge in [-0.25, -0.2) is 4.57 Å². The summed E-state index contributed by atoms with van der Waals surface area (Å²) >= 11 is 0. The molecule has 2 N–H and O–H groups in total. The van der Waals surface area contributed by atoms with Crippen molar-refractivity contribution in [2.45, 2.75) is 72.0 Å². The highest BCUT2D eigenvalue weighted by Gasteiger charge is 2.44. The largest absolute Gasteiger partial charge is 0.381 e. The highest BCUT2D eigenvalue weighted by atomic mass is 16.3. The first-order valence-electron chi connectivity index (χ1n) is 12.5. The molecule has 0 radical (unpaired) electrons. The fraction of sp³-hybridized carbons (Fsp3) is 0.406. The molecule has 1 aromatic heterocycles. The summed E-state index contributed by atoms with van der Waals surface area (Å²) in [5.74, 6) is 0. The van der Waals surface area contributed by atoms with E-state index in [2.05, 4.69) is 64.1 Å². The van der Waals surface area contributed by atoms with Crippen LogP contribution >= 0.6 is 0 Å². The number of fused-ring (bicyclic) bond motifs is 4. The molecule has 184 valence electrons. The zero-order chi connectivity index (χ0) is 26.0. The van der Waals surface area contributed by atoms with E-state index < -0.39 is 16.6 Å². The molecule has 2 aliphatic rings. The zero-order valence-electron chi connectivity index (χ0n) is 22.7. The van der Waals surface area contributed by atoms with Crippen LogP contribution in [0.25, 0.3) is 11.6 Å². The second-order valence-electron chi connectivity index (χ2n) is 12.5. The SMILES string of the molecule is Cc1c2cc(C(C)(C)C)cc1/C(c1cc[n+](C)cc1)=C\C1=CC(O)(C(C)(C)C)C=C(/C=C\2)C1(C)O. The molecular formula is C32H40NO2+. The summed E-state index contributed by atoms with van der Waals surface area (Å²) in [4.78, 5) is 0. The number of pyridine rings is 1. The Labute approximate surface area is 210 Å². The van der Waals surface area contributed by atoms with E-state index in [1.54, 1.807) is 0 Å². The van der Waals surface area contributed by atoms with Crippen LogP contribution in [0.3, 0.4) is 0 Å². The number of aliphatic hydroxyl groups is 2. The van der Waals surface area contributed by atoms with Gasteiger partial charge in [-0.05, 0) is 87.4 Å². The number of benzene rings is 1. The minimum Gasteiger partial charge on any atom is -0.381 e. The van der Waals surface area contributed by atoms with Crippen molar-refractivity contribution in [3.63, 3.8) is 0 Å². The number of aryl methyl sites for hydroxylation is 1. The van der Waals surface area contributed by atoms with E-state index in [-0.39, 0.29) is 5.41 Å². The zero-order valence-corrected chi connectivity index (χ0v) is 22.7. The summed E-state index contributed by atoms with van der Waals surface area (Å²) in [6, 6.07) is 8.77. The average Bonchev–Trinajstić information content (AvgIpc) is 2.73. The van der Waals surface area contributed by atoms with Gasteiger partial charge in [0.15, 0.2) is 12.4 Å². The first-order valence-corrected chi connectivity index (χ1v) is 12.5. The smallest absolute Gasteiger partial charge is 0.169 e. The van der Waals surface area contributed by atoms with Crippen molar-refractivity contribution in [2.24, 2.45) is 12.5 Å². The van der Waals surface area contributed by atoms with Gasteiger partial charge in [0.2, 0.25) is 0 Å². The Morgan fingerprint density at radius 2 is 1.46 bits per heavy atom. The topological polar surface area (TPSA) is 44.3 Å². The van der Waals surface area contributed by atoms with E-state index in [0.717, 1.165) is 22.3 Å². The molecule has 0 saturated carbocycles. The molecule has 2 unspecified atom stereocenters. The van der Waals surface area contributed by atoms with E-state index in [4.69, 9.17) is 0 Å². The van der Waals surface area contributed by atoms with Crippen molar-refractivity contribution in [3.8, 4) is 0 Å². The maximum absolute atomic E-state index is 11.8. The number of nitrogens with zero attached hydrogens (tertiary/aromatic N) is 1. The van der Waals surface area contributed by atoms with Gasteiger partial charge in [0.25, 0.3) is 0 Å². The first-order chi connectivity index (χ1) is 16.0. The van der Waals surface area contributed by atoms with Crippen LogP contribution in [0.4, 0.5) is 0 Å². The maximum Gasteiger partial charge on any atom is 0.169 e. The normalized spacial score (nSPS) is 26.9. The number of aromatic nitrogens is 1. The molecule has 0 fully saturated rings. The molecule has 4 bridgehead atoms. The van der Waals surface area contributed by atoms with Crippen molar-refractivity contribution in [1.82, 2.24) is 0 Å². The summed E-state index contributed by atoms with van der Waals surface area (Å²) in [5.41, 5.74) is 5.31. The summed E-state index contributed by atoms with van der Waals surface area (Å²) in [5, 5.41) is 23.5. The van der Waals surface area contributed by atoms with Crippen LogP contribution in [0.2, 0.25) is 0 Å². The number of hydrogen-bond donors (Lipinski definition) is 2. The molecule has 3 nitrogen and oxygen atoms in total. The van der Waals surface area contributed by atoms with Crippen molar-refractivity contribution < 1.29 is 14.8 Å². The molecule has 2 atom stereocenters. The van der Waals surface area contributed by atoms with Crippen molar-refractivity contribution >= 4 is 11.6 Å². The summed E-state index contributed by atoms with van der Waals surface area (Å²) in [6.45, 7) is 16.8. The van der Waals surface area contributed by atoms with Gasteiger partial charge in [0.1, 0.15) is 18.2 Å². The van der Waals surface area contributed by atoms with E-state index in [1.807, 2.05) is 69.9 Å². The Bertz CT molecular complexity index is 1290. The van der Waals surface area contributed by atoms with Crippen LogP contribution in [0, 0.1) is 12.3 Å². The predicted molar refractivity (Wildman–Crippen MR) is 145 cm³/mol. The van der Waals surface area contributed by atoms with Crippen LogP contribution < -0.4 is 4.57 Å². The molecule has 0 amide bonds. The van der Waals surface area contributed by atoms with E-state index >= 15 is 0 Å². The summed E-state index contributed by atoms with van der Waals surface area (Å²) in [6.07, 6.45) is 13.9. The standard InChI is InChI=1S/C32H40NO2/c1-21-23-10-11-24-19-32(35,30(5,6)7)20-26(31(24,8)34)18-28(22-12-14-33(9)15-13-22)27(21)17-25(16-23)29(2,3)4/h10-20,34-35H,1-9H3/q+1/b11-10-,28-18-. The molecule has 0 spiro atoms. The van der Waals surface area contributed by atoms with Crippen LogP contribution in [0.15, 0.2) is 72.1 Å². The third-order valence-electron chi connectivity index (χ3n) is 7.71. The van der Waals surface area contributed by atoms with Gasteiger partial charge >= 0.3 is 0 Å². The van der Waals surface area contributed by atoms with Crippen LogP contribution in [-0.2, 0) is 12.5 Å². The lowest BCUT2D eigenvalue weighted by molar-refractivity contribution is -0.671. The van der Waals surface area contributed by atoms with E-state index in [1.165, 1.54) is 11.1 Å². The van der Waals surface area contributed by atoms with Crippen molar-refractivity contribution in [3.05, 3.63) is 99.9 Å². The average molecular weight is 471 g/mol. The minimum absolute atomic E-state index is 0.0181. The molecule has 2 aromatic rings. The van der Waals surface area contributed by atoms with Gasteiger partial charge in [-0.1, -0.05) is 65.8 Å². The molecule has 0 aliphatic heterocycles. The maximum atomic E-state index is 11.8. The van der Waals surface area contributed by atoms with Gasteiger partial charge in [-0.3, -0.25) is 0 Å². The molecule has 1 aromatic carbocycles. The first kappa shape index (κ1) is 25.3. The van der Waals surface area contributed by atoms with Crippen LogP contribution in [0.1, 0.15) is 76.3 Å². The monoisotopic (exact) mass is 470 g/mol. The third kappa shape index (κ3) is 4.48. The van der Waals surface area contributed by atoms with Gasteiger partial charge in [-0.15, -0.1) is 0 Å². The molecule has 0 saturated heterocycles. The van der Waals surface area contributed by atoms with Crippen molar-refractivity contribution in [2.75, 3.05) is 0 Å². The van der Waals surface area contributed by atoms with Gasteiger partial charge in [0.05, 0.1) is 0 Å². The van der Waals surface area contributed by atoms with Gasteiger partial charge < -0.3 is 10.2 Å². The molecule has 35 heavy (non-hydrogen) atoms. The van der Waals surface area contributed by atoms with Crippen LogP contribution in [-0.4, -0.2) is 21.4 Å². The Morgan fingerprint density at radius 3 is 2.03 bits per heavy atom. The Kier molecular flexibility index (Phi) is 5.90. The minimum atomic E-state index is -1.24. The molecule has 2 aliphatic carbocycles. The fourth-order valence-corrected chi connectivity index (χ4v) is 4.74. The Balaban J connectivity index is 2.14. The Morgan fingerprint density at radius 1 is 0.857 bits per heavy atom. The summed E-state index contributed by atoms with van der Waals surface area (Å²) < 4.78 is 2.02. The number of hydrogen-bond acceptors (Lipinski definition) is 2. The second kappa shape index (κ2) is 8.15. The fourth-order valence-electron chi connectivity index (χ4n) is 4.74. The highest BCUT2D eigenvalue weighted by Crippen LogP contribution is 2.45. The van der Waals surface area contributed by atoms with E-state index in [0.29, 0.717) is 11.1 Å². The van der Waals surface area contributed by atoms with Crippen molar-refractivity contribution in [1.29, 1.82) is 0 Å². The molecule has 3 heteroatoms. The van der Waals surface area contributed by atoms with Gasteiger partial charge in [-0.2, -0.15) is 0 Å². The molecule has 1 heterocycles.